The van der Waals surface area contributed by atoms with Gasteiger partial charge in [-0.25, -0.2) is 9.69 Å². The van der Waals surface area contributed by atoms with E-state index in [4.69, 9.17) is 11.6 Å². The van der Waals surface area contributed by atoms with Crippen molar-refractivity contribution in [3.05, 3.63) is 45.0 Å². The van der Waals surface area contributed by atoms with E-state index < -0.39 is 29.6 Å². The van der Waals surface area contributed by atoms with E-state index in [-0.39, 0.29) is 6.54 Å². The van der Waals surface area contributed by atoms with Crippen molar-refractivity contribution in [1.82, 2.24) is 4.90 Å². The molecule has 0 amide bonds. The van der Waals surface area contributed by atoms with E-state index in [1.54, 1.807) is 24.3 Å². The van der Waals surface area contributed by atoms with Crippen LogP contribution < -0.4 is 0 Å². The minimum absolute atomic E-state index is 0.0208. The van der Waals surface area contributed by atoms with Crippen LogP contribution in [0.15, 0.2) is 24.3 Å². The van der Waals surface area contributed by atoms with Crippen molar-refractivity contribution in [3.8, 4) is 0 Å². The second kappa shape index (κ2) is 8.30. The van der Waals surface area contributed by atoms with Crippen LogP contribution in [-0.4, -0.2) is 48.7 Å². The molecular formula is C13H15ClN2O6. The molecule has 0 aliphatic carbocycles. The molecule has 0 heterocycles. The molecule has 0 saturated heterocycles. The third-order valence-corrected chi connectivity index (χ3v) is 3.07. The minimum Gasteiger partial charge on any atom is -0.468 e. The molecule has 120 valence electrons. The van der Waals surface area contributed by atoms with E-state index in [1.807, 2.05) is 0 Å². The number of carbonyl (C=O) groups is 2. The number of methoxy groups -OCH3 is 2. The predicted molar refractivity (Wildman–Crippen MR) is 76.7 cm³/mol. The average molecular weight is 331 g/mol. The largest absolute Gasteiger partial charge is 0.468 e. The molecule has 1 aromatic rings. The highest BCUT2D eigenvalue weighted by molar-refractivity contribution is 6.30. The van der Waals surface area contributed by atoms with Crippen molar-refractivity contribution in [2.75, 3.05) is 20.8 Å². The monoisotopic (exact) mass is 330 g/mol. The predicted octanol–water partition coefficient (Wildman–Crippen LogP) is 1.09. The van der Waals surface area contributed by atoms with Crippen molar-refractivity contribution in [2.45, 2.75) is 12.7 Å². The second-order valence-corrected chi connectivity index (χ2v) is 4.73. The first-order chi connectivity index (χ1) is 10.4. The molecule has 9 heteroatoms. The fourth-order valence-electron chi connectivity index (χ4n) is 1.76. The zero-order valence-corrected chi connectivity index (χ0v) is 12.8. The smallest absolute Gasteiger partial charge is 0.398 e. The van der Waals surface area contributed by atoms with Gasteiger partial charge in [-0.1, -0.05) is 23.7 Å². The summed E-state index contributed by atoms with van der Waals surface area (Å²) in [5, 5.41) is 11.6. The van der Waals surface area contributed by atoms with Gasteiger partial charge in [0.05, 0.1) is 19.1 Å². The van der Waals surface area contributed by atoms with Gasteiger partial charge in [-0.05, 0) is 17.7 Å². The number of ether oxygens (including phenoxy) is 2. The van der Waals surface area contributed by atoms with E-state index in [1.165, 1.54) is 0 Å². The zero-order valence-electron chi connectivity index (χ0n) is 12.0. The van der Waals surface area contributed by atoms with Gasteiger partial charge in [0.25, 0.3) is 0 Å². The first kappa shape index (κ1) is 17.9. The highest BCUT2D eigenvalue weighted by Crippen LogP contribution is 2.14. The minimum atomic E-state index is -1.81. The highest BCUT2D eigenvalue weighted by atomic mass is 35.5. The summed E-state index contributed by atoms with van der Waals surface area (Å²) in [4.78, 5) is 34.5. The molecule has 8 nitrogen and oxygen atoms in total. The topological polar surface area (TPSA) is 99.0 Å². The van der Waals surface area contributed by atoms with Gasteiger partial charge in [0.2, 0.25) is 0 Å². The molecule has 0 N–H and O–H groups in total. The Morgan fingerprint density at radius 1 is 1.27 bits per heavy atom. The van der Waals surface area contributed by atoms with Crippen LogP contribution in [0.25, 0.3) is 0 Å². The molecule has 0 fully saturated rings. The van der Waals surface area contributed by atoms with E-state index in [0.29, 0.717) is 10.6 Å². The number of benzene rings is 1. The third-order valence-electron chi connectivity index (χ3n) is 2.82. The molecule has 22 heavy (non-hydrogen) atoms. The summed E-state index contributed by atoms with van der Waals surface area (Å²) >= 11 is 5.77. The van der Waals surface area contributed by atoms with Gasteiger partial charge in [0.15, 0.2) is 0 Å². The zero-order chi connectivity index (χ0) is 16.7. The van der Waals surface area contributed by atoms with Crippen LogP contribution in [0.3, 0.4) is 0 Å². The SMILES string of the molecule is COC(=O)CN(Cc1ccc(Cl)cc1)C(C(=O)OC)[N+](=O)[O-]. The third kappa shape index (κ3) is 4.97. The van der Waals surface area contributed by atoms with Gasteiger partial charge in [-0.15, -0.1) is 0 Å². The Morgan fingerprint density at radius 3 is 2.32 bits per heavy atom. The summed E-state index contributed by atoms with van der Waals surface area (Å²) in [6, 6.07) is 6.49. The van der Waals surface area contributed by atoms with Gasteiger partial charge in [0, 0.05) is 11.6 Å². The molecule has 0 aromatic heterocycles. The first-order valence-electron chi connectivity index (χ1n) is 6.15. The van der Waals surface area contributed by atoms with Crippen molar-refractivity contribution >= 4 is 23.5 Å². The summed E-state index contributed by atoms with van der Waals surface area (Å²) in [5.74, 6) is -1.77. The van der Waals surface area contributed by atoms with E-state index >= 15 is 0 Å². The van der Waals surface area contributed by atoms with Crippen LogP contribution in [0.1, 0.15) is 5.56 Å². The summed E-state index contributed by atoms with van der Waals surface area (Å²) in [6.07, 6.45) is -1.81. The van der Waals surface area contributed by atoms with Crippen LogP contribution in [0.5, 0.6) is 0 Å². The summed E-state index contributed by atoms with van der Waals surface area (Å²) in [5.41, 5.74) is 0.643. The number of nitro groups is 1. The summed E-state index contributed by atoms with van der Waals surface area (Å²) in [6.45, 7) is -0.451. The molecule has 0 aliphatic heterocycles. The van der Waals surface area contributed by atoms with Gasteiger partial charge >= 0.3 is 18.1 Å². The normalized spacial score (nSPS) is 11.8. The molecule has 0 radical (unpaired) electrons. The van der Waals surface area contributed by atoms with E-state index in [9.17, 15) is 19.7 Å². The van der Waals surface area contributed by atoms with Gasteiger partial charge in [-0.2, -0.15) is 0 Å². The number of nitrogens with zero attached hydrogens (tertiary/aromatic N) is 2. The van der Waals surface area contributed by atoms with Crippen LogP contribution in [0.4, 0.5) is 0 Å². The van der Waals surface area contributed by atoms with Crippen molar-refractivity contribution in [1.29, 1.82) is 0 Å². The van der Waals surface area contributed by atoms with Crippen molar-refractivity contribution < 1.29 is 24.0 Å². The lowest BCUT2D eigenvalue weighted by molar-refractivity contribution is -0.537. The Balaban J connectivity index is 3.04. The summed E-state index contributed by atoms with van der Waals surface area (Å²) in [7, 11) is 2.19. The van der Waals surface area contributed by atoms with Gasteiger partial charge in [-0.3, -0.25) is 14.9 Å². The lowest BCUT2D eigenvalue weighted by Gasteiger charge is -2.22. The van der Waals surface area contributed by atoms with Gasteiger partial charge < -0.3 is 9.47 Å². The van der Waals surface area contributed by atoms with Crippen LogP contribution >= 0.6 is 11.6 Å². The number of hydrogen-bond donors (Lipinski definition) is 0. The lowest BCUT2D eigenvalue weighted by atomic mass is 10.2. The Kier molecular flexibility index (Phi) is 6.74. The van der Waals surface area contributed by atoms with Crippen molar-refractivity contribution in [2.24, 2.45) is 0 Å². The Bertz CT molecular complexity index is 548. The number of rotatable bonds is 7. The first-order valence-corrected chi connectivity index (χ1v) is 6.53. The molecule has 1 aromatic carbocycles. The number of carbonyl (C=O) groups excluding carboxylic acids is 2. The maximum Gasteiger partial charge on any atom is 0.398 e. The summed E-state index contributed by atoms with van der Waals surface area (Å²) < 4.78 is 8.94. The van der Waals surface area contributed by atoms with Crippen LogP contribution in [0.2, 0.25) is 5.02 Å². The molecule has 0 aliphatic rings. The Hall–Kier alpha value is -2.19. The van der Waals surface area contributed by atoms with Crippen LogP contribution in [-0.2, 0) is 25.6 Å². The molecule has 0 bridgehead atoms. The van der Waals surface area contributed by atoms with Crippen LogP contribution in [0, 0.1) is 10.1 Å². The average Bonchev–Trinajstić information content (AvgIpc) is 2.48. The second-order valence-electron chi connectivity index (χ2n) is 4.29. The van der Waals surface area contributed by atoms with Gasteiger partial charge in [0.1, 0.15) is 6.54 Å². The quantitative estimate of drug-likeness (QED) is 0.319. The molecule has 1 unspecified atom stereocenters. The molecule has 1 rings (SSSR count). The lowest BCUT2D eigenvalue weighted by Crippen LogP contribution is -2.49. The maximum atomic E-state index is 11.6. The highest BCUT2D eigenvalue weighted by Gasteiger charge is 2.39. The maximum absolute atomic E-state index is 11.6. The number of halogens is 1. The van der Waals surface area contributed by atoms with Crippen molar-refractivity contribution in [3.63, 3.8) is 0 Å². The molecular weight excluding hydrogens is 316 g/mol. The van der Waals surface area contributed by atoms with E-state index in [0.717, 1.165) is 19.1 Å². The number of hydrogen-bond acceptors (Lipinski definition) is 7. The van der Waals surface area contributed by atoms with E-state index in [2.05, 4.69) is 9.47 Å². The fourth-order valence-corrected chi connectivity index (χ4v) is 1.88. The molecule has 1 atom stereocenters. The standard InChI is InChI=1S/C13H15ClN2O6/c1-21-11(17)8-15(12(16(19)20)13(18)22-2)7-9-3-5-10(14)6-4-9/h3-6,12H,7-8H2,1-2H3. The fraction of sp³-hybridized carbons (Fsp3) is 0.385. The molecule has 0 spiro atoms. The molecule has 0 saturated carbocycles. The Morgan fingerprint density at radius 2 is 1.86 bits per heavy atom. The Labute approximate surface area is 131 Å². The number of esters is 2.